The van der Waals surface area contributed by atoms with E-state index in [4.69, 9.17) is 0 Å². The molecule has 2 heterocycles. The Balaban J connectivity index is 2.40. The summed E-state index contributed by atoms with van der Waals surface area (Å²) in [6.45, 7) is 0. The van der Waals surface area contributed by atoms with Crippen molar-refractivity contribution >= 4 is 18.3 Å². The summed E-state index contributed by atoms with van der Waals surface area (Å²) >= 11 is 0. The summed E-state index contributed by atoms with van der Waals surface area (Å²) in [5.41, 5.74) is 0.942. The molecule has 3 nitrogen and oxygen atoms in total. The second-order valence-electron chi connectivity index (χ2n) is 1.85. The average Bonchev–Trinajstić information content (AvgIpc) is 2.33. The Morgan fingerprint density at radius 1 is 1.33 bits per heavy atom. The van der Waals surface area contributed by atoms with Gasteiger partial charge in [0.15, 0.2) is 6.17 Å². The van der Waals surface area contributed by atoms with Gasteiger partial charge in [-0.1, -0.05) is 0 Å². The molecule has 3 heteroatoms. The van der Waals surface area contributed by atoms with Gasteiger partial charge in [-0.2, -0.15) is 0 Å². The first-order valence-electron chi connectivity index (χ1n) is 2.76. The molecule has 0 saturated heterocycles. The number of hydrogen-bond acceptors (Lipinski definition) is 3. The molecule has 0 amide bonds. The van der Waals surface area contributed by atoms with Gasteiger partial charge in [0.05, 0.1) is 5.71 Å². The molecule has 2 aliphatic heterocycles. The van der Waals surface area contributed by atoms with Crippen molar-refractivity contribution in [3.8, 4) is 0 Å². The molecule has 0 spiro atoms. The van der Waals surface area contributed by atoms with Crippen LogP contribution in [0.15, 0.2) is 27.1 Å². The first-order chi connectivity index (χ1) is 4.47. The molecule has 1 atom stereocenters. The lowest BCUT2D eigenvalue weighted by molar-refractivity contribution is 0.954. The zero-order chi connectivity index (χ0) is 6.10. The molecule has 0 bridgehead atoms. The number of nitrogens with zero attached hydrogens (tertiary/aromatic N) is 3. The van der Waals surface area contributed by atoms with Crippen LogP contribution < -0.4 is 0 Å². The fourth-order valence-electron chi connectivity index (χ4n) is 0.823. The molecule has 0 aliphatic carbocycles. The van der Waals surface area contributed by atoms with E-state index in [-0.39, 0.29) is 6.17 Å². The van der Waals surface area contributed by atoms with Crippen LogP contribution in [-0.2, 0) is 0 Å². The fraction of sp³-hybridized carbons (Fsp3) is 0.167. The highest BCUT2D eigenvalue weighted by Gasteiger charge is 2.14. The predicted molar refractivity (Wildman–Crippen MR) is 37.3 cm³/mol. The maximum absolute atomic E-state index is 4.05. The number of dihydropyridines is 1. The van der Waals surface area contributed by atoms with Crippen LogP contribution in [0.5, 0.6) is 0 Å². The normalized spacial score (nSPS) is 28.4. The zero-order valence-corrected chi connectivity index (χ0v) is 4.73. The Labute approximate surface area is 52.5 Å². The van der Waals surface area contributed by atoms with Crippen molar-refractivity contribution in [3.63, 3.8) is 0 Å². The minimum absolute atomic E-state index is 0.0324. The van der Waals surface area contributed by atoms with Gasteiger partial charge < -0.3 is 0 Å². The molecule has 0 N–H and O–H groups in total. The van der Waals surface area contributed by atoms with Crippen LogP contribution in [0.1, 0.15) is 0 Å². The topological polar surface area (TPSA) is 37.1 Å². The van der Waals surface area contributed by atoms with E-state index in [0.717, 1.165) is 5.71 Å². The van der Waals surface area contributed by atoms with Gasteiger partial charge in [0.25, 0.3) is 0 Å². The third kappa shape index (κ3) is 0.614. The van der Waals surface area contributed by atoms with E-state index in [9.17, 15) is 0 Å². The Kier molecular flexibility index (Phi) is 0.828. The van der Waals surface area contributed by atoms with Crippen molar-refractivity contribution in [2.45, 2.75) is 6.17 Å². The second-order valence-corrected chi connectivity index (χ2v) is 1.85. The summed E-state index contributed by atoms with van der Waals surface area (Å²) < 4.78 is 0. The highest BCUT2D eigenvalue weighted by Crippen LogP contribution is 2.06. The number of allylic oxidation sites excluding steroid dienone is 1. The fourth-order valence-corrected chi connectivity index (χ4v) is 0.823. The molecule has 2 rings (SSSR count). The molecule has 0 saturated carbocycles. The van der Waals surface area contributed by atoms with E-state index in [1.54, 1.807) is 12.6 Å². The maximum Gasteiger partial charge on any atom is 0.183 e. The lowest BCUT2D eigenvalue weighted by atomic mass is 10.2. The number of hydrogen-bond donors (Lipinski definition) is 0. The molecule has 9 heavy (non-hydrogen) atoms. The zero-order valence-electron chi connectivity index (χ0n) is 4.73. The van der Waals surface area contributed by atoms with E-state index < -0.39 is 0 Å². The van der Waals surface area contributed by atoms with Crippen LogP contribution in [0.25, 0.3) is 0 Å². The van der Waals surface area contributed by atoms with Crippen LogP contribution in [0.4, 0.5) is 0 Å². The quantitative estimate of drug-likeness (QED) is 0.443. The minimum atomic E-state index is -0.0324. The minimum Gasteiger partial charge on any atom is -0.260 e. The van der Waals surface area contributed by atoms with Crippen LogP contribution in [0.2, 0.25) is 0 Å². The van der Waals surface area contributed by atoms with Gasteiger partial charge in [-0.05, 0) is 12.2 Å². The Morgan fingerprint density at radius 2 is 2.33 bits per heavy atom. The summed E-state index contributed by atoms with van der Waals surface area (Å²) in [6, 6.07) is 0. The Bertz CT molecular complexity index is 235. The third-order valence-electron chi connectivity index (χ3n) is 1.26. The summed E-state index contributed by atoms with van der Waals surface area (Å²) in [4.78, 5) is 12.0. The van der Waals surface area contributed by atoms with Gasteiger partial charge in [-0.15, -0.1) is 0 Å². The maximum atomic E-state index is 4.05. The van der Waals surface area contributed by atoms with Gasteiger partial charge in [-0.3, -0.25) is 4.99 Å². The number of fused-ring (bicyclic) bond motifs is 1. The van der Waals surface area contributed by atoms with E-state index >= 15 is 0 Å². The second kappa shape index (κ2) is 1.62. The van der Waals surface area contributed by atoms with Gasteiger partial charge >= 0.3 is 0 Å². The lowest BCUT2D eigenvalue weighted by Gasteiger charge is -2.02. The van der Waals surface area contributed by atoms with E-state index in [1.807, 2.05) is 12.2 Å². The highest BCUT2D eigenvalue weighted by atomic mass is 15.1. The largest absolute Gasteiger partial charge is 0.260 e. The van der Waals surface area contributed by atoms with E-state index in [2.05, 4.69) is 15.0 Å². The van der Waals surface area contributed by atoms with Crippen molar-refractivity contribution in [2.75, 3.05) is 0 Å². The lowest BCUT2D eigenvalue weighted by Crippen LogP contribution is -2.12. The summed E-state index contributed by atoms with van der Waals surface area (Å²) in [5, 5.41) is 0. The Hall–Kier alpha value is -1.25. The molecule has 0 aromatic rings. The van der Waals surface area contributed by atoms with Crippen LogP contribution in [0.3, 0.4) is 0 Å². The molecule has 0 radical (unpaired) electrons. The Morgan fingerprint density at radius 3 is 3.22 bits per heavy atom. The van der Waals surface area contributed by atoms with Crippen LogP contribution >= 0.6 is 0 Å². The monoisotopic (exact) mass is 119 g/mol. The van der Waals surface area contributed by atoms with Gasteiger partial charge in [0, 0.05) is 6.21 Å². The van der Waals surface area contributed by atoms with Gasteiger partial charge in [0.2, 0.25) is 0 Å². The SMILES string of the molecule is C1=CC2=NC=NC2N=C1. The van der Waals surface area contributed by atoms with Crippen molar-refractivity contribution in [1.82, 2.24) is 0 Å². The molecular weight excluding hydrogens is 114 g/mol. The summed E-state index contributed by atoms with van der Waals surface area (Å²) in [5.74, 6) is 0. The van der Waals surface area contributed by atoms with Crippen molar-refractivity contribution < 1.29 is 0 Å². The highest BCUT2D eigenvalue weighted by molar-refractivity contribution is 6.09. The van der Waals surface area contributed by atoms with Crippen LogP contribution in [0, 0.1) is 0 Å². The standard InChI is InChI=1S/C6H5N3/c1-2-5-6(7-3-1)9-4-8-5/h1-4,6H. The van der Waals surface area contributed by atoms with Gasteiger partial charge in [-0.25, -0.2) is 9.98 Å². The molecule has 44 valence electrons. The number of rotatable bonds is 0. The average molecular weight is 119 g/mol. The summed E-state index contributed by atoms with van der Waals surface area (Å²) in [6.07, 6.45) is 7.04. The smallest absolute Gasteiger partial charge is 0.183 e. The van der Waals surface area contributed by atoms with Gasteiger partial charge in [0.1, 0.15) is 6.34 Å². The third-order valence-corrected chi connectivity index (χ3v) is 1.26. The molecular formula is C6H5N3. The number of aliphatic imine (C=N–C) groups is 3. The predicted octanol–water partition coefficient (Wildman–Crippen LogP) is 0.436. The first-order valence-corrected chi connectivity index (χ1v) is 2.76. The van der Waals surface area contributed by atoms with E-state index in [1.165, 1.54) is 0 Å². The van der Waals surface area contributed by atoms with Crippen molar-refractivity contribution in [3.05, 3.63) is 12.2 Å². The molecule has 2 aliphatic rings. The molecule has 0 aromatic carbocycles. The molecule has 0 fully saturated rings. The van der Waals surface area contributed by atoms with E-state index in [0.29, 0.717) is 0 Å². The molecule has 0 aromatic heterocycles. The summed E-state index contributed by atoms with van der Waals surface area (Å²) in [7, 11) is 0. The van der Waals surface area contributed by atoms with Crippen molar-refractivity contribution in [2.24, 2.45) is 15.0 Å². The van der Waals surface area contributed by atoms with Crippen molar-refractivity contribution in [1.29, 1.82) is 0 Å². The van der Waals surface area contributed by atoms with Crippen LogP contribution in [-0.4, -0.2) is 24.4 Å². The molecule has 1 unspecified atom stereocenters. The first kappa shape index (κ1) is 4.61.